The van der Waals surface area contributed by atoms with E-state index in [1.807, 2.05) is 32.0 Å². The highest BCUT2D eigenvalue weighted by atomic mass is 79.9. The van der Waals surface area contributed by atoms with Gasteiger partial charge in [-0.3, -0.25) is 4.31 Å². The van der Waals surface area contributed by atoms with Gasteiger partial charge in [0, 0.05) is 10.5 Å². The van der Waals surface area contributed by atoms with Gasteiger partial charge in [0.15, 0.2) is 0 Å². The standard InChI is InChI=1S/C17H18BrNO3S/c1-11-8-15(5-7-17(11)22-3)23(20,21)19-12(2)9-13-10-14(18)4-6-16(13)19/h4-8,10,12H,9H2,1-3H3. The minimum absolute atomic E-state index is 0.105. The molecule has 3 rings (SSSR count). The van der Waals surface area contributed by atoms with E-state index in [-0.39, 0.29) is 6.04 Å². The lowest BCUT2D eigenvalue weighted by atomic mass is 10.1. The Morgan fingerprint density at radius 3 is 2.61 bits per heavy atom. The van der Waals surface area contributed by atoms with Crippen LogP contribution in [0.4, 0.5) is 5.69 Å². The zero-order valence-corrected chi connectivity index (χ0v) is 15.6. The monoisotopic (exact) mass is 395 g/mol. The first kappa shape index (κ1) is 16.3. The van der Waals surface area contributed by atoms with Gasteiger partial charge in [0.25, 0.3) is 10.0 Å². The third kappa shape index (κ3) is 2.74. The Bertz CT molecular complexity index is 864. The predicted octanol–water partition coefficient (Wildman–Crippen LogP) is 3.91. The first-order valence-electron chi connectivity index (χ1n) is 7.32. The number of anilines is 1. The number of sulfonamides is 1. The van der Waals surface area contributed by atoms with E-state index < -0.39 is 10.0 Å². The highest BCUT2D eigenvalue weighted by Gasteiger charge is 2.36. The summed E-state index contributed by atoms with van der Waals surface area (Å²) in [5.74, 6) is 0.683. The second-order valence-corrected chi connectivity index (χ2v) is 8.49. The summed E-state index contributed by atoms with van der Waals surface area (Å²) in [5.41, 5.74) is 2.60. The lowest BCUT2D eigenvalue weighted by Gasteiger charge is -2.25. The molecule has 6 heteroatoms. The van der Waals surface area contributed by atoms with Gasteiger partial charge in [0.1, 0.15) is 5.75 Å². The number of ether oxygens (including phenoxy) is 1. The minimum Gasteiger partial charge on any atom is -0.496 e. The van der Waals surface area contributed by atoms with Gasteiger partial charge in [0.2, 0.25) is 0 Å². The Balaban J connectivity index is 2.09. The first-order chi connectivity index (χ1) is 10.8. The molecule has 0 amide bonds. The lowest BCUT2D eigenvalue weighted by molar-refractivity contribution is 0.411. The number of nitrogens with zero attached hydrogens (tertiary/aromatic N) is 1. The van der Waals surface area contributed by atoms with Crippen molar-refractivity contribution in [2.75, 3.05) is 11.4 Å². The van der Waals surface area contributed by atoms with Crippen molar-refractivity contribution < 1.29 is 13.2 Å². The Hall–Kier alpha value is -1.53. The summed E-state index contributed by atoms with van der Waals surface area (Å²) < 4.78 is 33.9. The molecule has 0 N–H and O–H groups in total. The van der Waals surface area contributed by atoms with Crippen molar-refractivity contribution in [3.63, 3.8) is 0 Å². The lowest BCUT2D eigenvalue weighted by Crippen LogP contribution is -2.35. The fourth-order valence-corrected chi connectivity index (χ4v) is 5.25. The molecule has 1 unspecified atom stereocenters. The predicted molar refractivity (Wildman–Crippen MR) is 94.7 cm³/mol. The van der Waals surface area contributed by atoms with Crippen molar-refractivity contribution in [1.29, 1.82) is 0 Å². The van der Waals surface area contributed by atoms with Crippen LogP contribution in [0, 0.1) is 6.92 Å². The van der Waals surface area contributed by atoms with Gasteiger partial charge in [-0.15, -0.1) is 0 Å². The molecule has 0 aromatic heterocycles. The Morgan fingerprint density at radius 2 is 1.96 bits per heavy atom. The van der Waals surface area contributed by atoms with E-state index in [1.54, 1.807) is 25.3 Å². The van der Waals surface area contributed by atoms with E-state index >= 15 is 0 Å². The van der Waals surface area contributed by atoms with Crippen molar-refractivity contribution in [2.24, 2.45) is 0 Å². The van der Waals surface area contributed by atoms with Crippen molar-refractivity contribution >= 4 is 31.6 Å². The van der Waals surface area contributed by atoms with Crippen LogP contribution in [0.25, 0.3) is 0 Å². The summed E-state index contributed by atoms with van der Waals surface area (Å²) in [4.78, 5) is 0.290. The number of aryl methyl sites for hydroxylation is 1. The summed E-state index contributed by atoms with van der Waals surface area (Å²) in [6.07, 6.45) is 0.711. The second-order valence-electron chi connectivity index (χ2n) is 5.76. The molecule has 23 heavy (non-hydrogen) atoms. The minimum atomic E-state index is -3.60. The van der Waals surface area contributed by atoms with Crippen molar-refractivity contribution in [2.45, 2.75) is 31.2 Å². The zero-order chi connectivity index (χ0) is 16.8. The zero-order valence-electron chi connectivity index (χ0n) is 13.2. The topological polar surface area (TPSA) is 46.6 Å². The number of benzene rings is 2. The van der Waals surface area contributed by atoms with E-state index in [2.05, 4.69) is 15.9 Å². The summed E-state index contributed by atoms with van der Waals surface area (Å²) in [6, 6.07) is 10.6. The number of methoxy groups -OCH3 is 1. The molecule has 0 spiro atoms. The Kier molecular flexibility index (Phi) is 4.14. The third-order valence-electron chi connectivity index (χ3n) is 4.12. The molecule has 1 aliphatic rings. The molecule has 0 bridgehead atoms. The van der Waals surface area contributed by atoms with Crippen molar-refractivity contribution in [3.8, 4) is 5.75 Å². The summed E-state index contributed by atoms with van der Waals surface area (Å²) >= 11 is 3.44. The summed E-state index contributed by atoms with van der Waals surface area (Å²) in [7, 11) is -2.02. The van der Waals surface area contributed by atoms with Crippen molar-refractivity contribution in [1.82, 2.24) is 0 Å². The van der Waals surface area contributed by atoms with Crippen LogP contribution in [0.5, 0.6) is 5.75 Å². The second kappa shape index (κ2) is 5.83. The Labute approximate surface area is 145 Å². The molecule has 1 atom stereocenters. The highest BCUT2D eigenvalue weighted by Crippen LogP contribution is 2.38. The number of rotatable bonds is 3. The largest absolute Gasteiger partial charge is 0.496 e. The first-order valence-corrected chi connectivity index (χ1v) is 9.55. The molecule has 0 aliphatic carbocycles. The molecule has 2 aromatic carbocycles. The number of hydrogen-bond donors (Lipinski definition) is 0. The van der Waals surface area contributed by atoms with Crippen LogP contribution in [-0.4, -0.2) is 21.6 Å². The van der Waals surface area contributed by atoms with Gasteiger partial charge in [-0.05, 0) is 67.8 Å². The maximum atomic E-state index is 13.1. The fourth-order valence-electron chi connectivity index (χ4n) is 3.06. The van der Waals surface area contributed by atoms with E-state index in [4.69, 9.17) is 4.74 Å². The maximum Gasteiger partial charge on any atom is 0.264 e. The van der Waals surface area contributed by atoms with Gasteiger partial charge in [-0.25, -0.2) is 8.42 Å². The molecule has 0 fully saturated rings. The van der Waals surface area contributed by atoms with Crippen LogP contribution in [0.1, 0.15) is 18.1 Å². The number of hydrogen-bond acceptors (Lipinski definition) is 3. The van der Waals surface area contributed by atoms with E-state index in [1.165, 1.54) is 4.31 Å². The highest BCUT2D eigenvalue weighted by molar-refractivity contribution is 9.10. The molecule has 4 nitrogen and oxygen atoms in total. The average molecular weight is 396 g/mol. The average Bonchev–Trinajstić information content (AvgIpc) is 2.82. The van der Waals surface area contributed by atoms with Gasteiger partial charge >= 0.3 is 0 Å². The van der Waals surface area contributed by atoms with Crippen LogP contribution in [0.2, 0.25) is 0 Å². The van der Waals surface area contributed by atoms with Crippen LogP contribution >= 0.6 is 15.9 Å². The third-order valence-corrected chi connectivity index (χ3v) is 6.54. The van der Waals surface area contributed by atoms with E-state index in [9.17, 15) is 8.42 Å². The maximum absolute atomic E-state index is 13.1. The van der Waals surface area contributed by atoms with Crippen molar-refractivity contribution in [3.05, 3.63) is 52.0 Å². The molecule has 1 aliphatic heterocycles. The van der Waals surface area contributed by atoms with Gasteiger partial charge in [0.05, 0.1) is 17.7 Å². The molecular weight excluding hydrogens is 378 g/mol. The number of halogens is 1. The molecule has 1 heterocycles. The summed E-state index contributed by atoms with van der Waals surface area (Å²) in [5, 5.41) is 0. The van der Waals surface area contributed by atoms with Crippen LogP contribution in [-0.2, 0) is 16.4 Å². The summed E-state index contributed by atoms with van der Waals surface area (Å²) in [6.45, 7) is 3.78. The normalized spacial score (nSPS) is 17.2. The number of fused-ring (bicyclic) bond motifs is 1. The van der Waals surface area contributed by atoms with Gasteiger partial charge in [-0.1, -0.05) is 15.9 Å². The molecule has 0 radical (unpaired) electrons. The Morgan fingerprint density at radius 1 is 1.22 bits per heavy atom. The molecule has 0 saturated heterocycles. The molecular formula is C17H18BrNO3S. The SMILES string of the molecule is COc1ccc(S(=O)(=O)N2c3ccc(Br)cc3CC2C)cc1C. The fraction of sp³-hybridized carbons (Fsp3) is 0.294. The quantitative estimate of drug-likeness (QED) is 0.791. The smallest absolute Gasteiger partial charge is 0.264 e. The van der Waals surface area contributed by atoms with Crippen LogP contribution < -0.4 is 9.04 Å². The van der Waals surface area contributed by atoms with Gasteiger partial charge < -0.3 is 4.74 Å². The van der Waals surface area contributed by atoms with E-state index in [0.717, 1.165) is 21.3 Å². The van der Waals surface area contributed by atoms with Crippen LogP contribution in [0.3, 0.4) is 0 Å². The van der Waals surface area contributed by atoms with Gasteiger partial charge in [-0.2, -0.15) is 0 Å². The molecule has 0 saturated carbocycles. The molecule has 2 aromatic rings. The van der Waals surface area contributed by atoms with E-state index in [0.29, 0.717) is 17.1 Å². The van der Waals surface area contributed by atoms with Crippen LogP contribution in [0.15, 0.2) is 45.8 Å². The molecule has 122 valence electrons.